The number of rotatable bonds is 2. The Labute approximate surface area is 107 Å². The second-order valence-corrected chi connectivity index (χ2v) is 5.03. The lowest BCUT2D eigenvalue weighted by Gasteiger charge is -2.04. The molecule has 0 aliphatic rings. The van der Waals surface area contributed by atoms with Gasteiger partial charge in [0, 0.05) is 16.8 Å². The molecular weight excluding hydrogens is 258 g/mol. The summed E-state index contributed by atoms with van der Waals surface area (Å²) in [6.07, 6.45) is 1.56. The molecule has 2 heterocycles. The van der Waals surface area contributed by atoms with E-state index in [0.29, 0.717) is 16.3 Å². The zero-order chi connectivity index (χ0) is 12.4. The van der Waals surface area contributed by atoms with Gasteiger partial charge in [-0.25, -0.2) is 4.98 Å². The van der Waals surface area contributed by atoms with Crippen LogP contribution in [0.2, 0.25) is 5.15 Å². The predicted octanol–water partition coefficient (Wildman–Crippen LogP) is 2.94. The molecule has 17 heavy (non-hydrogen) atoms. The molecule has 0 bridgehead atoms. The molecule has 0 atom stereocenters. The molecule has 2 aromatic rings. The molecule has 0 aliphatic heterocycles. The van der Waals surface area contributed by atoms with Gasteiger partial charge in [-0.05, 0) is 25.1 Å². The summed E-state index contributed by atoms with van der Waals surface area (Å²) in [5.74, 6) is -0.232. The van der Waals surface area contributed by atoms with Gasteiger partial charge >= 0.3 is 0 Å². The highest BCUT2D eigenvalue weighted by atomic mass is 35.5. The van der Waals surface area contributed by atoms with Crippen LogP contribution in [-0.4, -0.2) is 10.9 Å². The van der Waals surface area contributed by atoms with Crippen LogP contribution in [0.3, 0.4) is 0 Å². The van der Waals surface area contributed by atoms with Gasteiger partial charge in [0.2, 0.25) is 0 Å². The number of anilines is 2. The summed E-state index contributed by atoms with van der Waals surface area (Å²) in [6, 6.07) is 5.05. The van der Waals surface area contributed by atoms with Crippen LogP contribution < -0.4 is 11.1 Å². The Morgan fingerprint density at radius 3 is 2.94 bits per heavy atom. The lowest BCUT2D eigenvalue weighted by molar-refractivity contribution is 0.103. The van der Waals surface area contributed by atoms with E-state index in [4.69, 9.17) is 17.3 Å². The highest BCUT2D eigenvalue weighted by molar-refractivity contribution is 7.14. The molecule has 2 rings (SSSR count). The molecule has 0 saturated carbocycles. The van der Waals surface area contributed by atoms with Gasteiger partial charge in [-0.3, -0.25) is 4.79 Å². The lowest BCUT2D eigenvalue weighted by Crippen LogP contribution is -2.10. The van der Waals surface area contributed by atoms with Gasteiger partial charge in [-0.2, -0.15) is 0 Å². The van der Waals surface area contributed by atoms with E-state index in [2.05, 4.69) is 10.3 Å². The van der Waals surface area contributed by atoms with E-state index < -0.39 is 0 Å². The Hall–Kier alpha value is -1.59. The molecule has 0 unspecified atom stereocenters. The minimum Gasteiger partial charge on any atom is -0.398 e. The molecule has 3 N–H and O–H groups in total. The Bertz CT molecular complexity index is 548. The van der Waals surface area contributed by atoms with Gasteiger partial charge in [0.15, 0.2) is 5.15 Å². The maximum absolute atomic E-state index is 11.9. The first kappa shape index (κ1) is 11.9. The van der Waals surface area contributed by atoms with E-state index in [0.717, 1.165) is 4.88 Å². The number of nitrogens with zero attached hydrogens (tertiary/aromatic N) is 1. The first-order valence-electron chi connectivity index (χ1n) is 4.85. The number of pyridine rings is 1. The fraction of sp³-hybridized carbons (Fsp3) is 0.0909. The number of hydrogen-bond donors (Lipinski definition) is 2. The molecule has 0 fully saturated rings. The average molecular weight is 268 g/mol. The van der Waals surface area contributed by atoms with Crippen LogP contribution in [0.4, 0.5) is 11.4 Å². The lowest BCUT2D eigenvalue weighted by atomic mass is 10.3. The number of hydrogen-bond acceptors (Lipinski definition) is 4. The van der Waals surface area contributed by atoms with Crippen molar-refractivity contribution in [2.45, 2.75) is 6.92 Å². The number of nitrogens with two attached hydrogens (primary N) is 1. The number of nitrogens with one attached hydrogen (secondary N) is 1. The smallest absolute Gasteiger partial charge is 0.265 e. The fourth-order valence-corrected chi connectivity index (χ4v) is 2.27. The standard InChI is InChI=1S/C11H10ClN3OS/c1-6-7(13)5-9(17-6)11(16)15-8-3-2-4-14-10(8)12/h2-5H,13H2,1H3,(H,15,16). The minimum absolute atomic E-state index is 0.232. The van der Waals surface area contributed by atoms with E-state index in [1.54, 1.807) is 24.4 Å². The zero-order valence-electron chi connectivity index (χ0n) is 9.03. The van der Waals surface area contributed by atoms with Crippen LogP contribution in [0.1, 0.15) is 14.5 Å². The number of thiophene rings is 1. The van der Waals surface area contributed by atoms with Crippen molar-refractivity contribution in [2.24, 2.45) is 0 Å². The maximum atomic E-state index is 11.9. The summed E-state index contributed by atoms with van der Waals surface area (Å²) in [5, 5.41) is 2.95. The van der Waals surface area contributed by atoms with E-state index in [9.17, 15) is 4.79 Å². The molecule has 0 radical (unpaired) electrons. The second-order valence-electron chi connectivity index (χ2n) is 3.42. The third-order valence-electron chi connectivity index (χ3n) is 2.19. The van der Waals surface area contributed by atoms with Crippen LogP contribution >= 0.6 is 22.9 Å². The van der Waals surface area contributed by atoms with E-state index >= 15 is 0 Å². The van der Waals surface area contributed by atoms with Crippen LogP contribution in [0.25, 0.3) is 0 Å². The molecule has 0 aromatic carbocycles. The number of aromatic nitrogens is 1. The van der Waals surface area contributed by atoms with E-state index in [1.807, 2.05) is 6.92 Å². The quantitative estimate of drug-likeness (QED) is 0.822. The Balaban J connectivity index is 2.20. The van der Waals surface area contributed by atoms with Crippen molar-refractivity contribution in [3.63, 3.8) is 0 Å². The summed E-state index contributed by atoms with van der Waals surface area (Å²) >= 11 is 7.19. The minimum atomic E-state index is -0.232. The highest BCUT2D eigenvalue weighted by Gasteiger charge is 2.12. The topological polar surface area (TPSA) is 68.0 Å². The largest absolute Gasteiger partial charge is 0.398 e. The van der Waals surface area contributed by atoms with Crippen LogP contribution in [-0.2, 0) is 0 Å². The SMILES string of the molecule is Cc1sc(C(=O)Nc2cccnc2Cl)cc1N. The van der Waals surface area contributed by atoms with Crippen molar-refractivity contribution < 1.29 is 4.79 Å². The summed E-state index contributed by atoms with van der Waals surface area (Å²) < 4.78 is 0. The number of carbonyl (C=O) groups excluding carboxylic acids is 1. The Morgan fingerprint density at radius 2 is 2.35 bits per heavy atom. The number of amides is 1. The van der Waals surface area contributed by atoms with E-state index in [-0.39, 0.29) is 11.1 Å². The third-order valence-corrected chi connectivity index (χ3v) is 3.55. The number of nitrogen functional groups attached to an aromatic ring is 1. The summed E-state index contributed by atoms with van der Waals surface area (Å²) in [6.45, 7) is 1.87. The predicted molar refractivity (Wildman–Crippen MR) is 70.7 cm³/mol. The first-order valence-corrected chi connectivity index (χ1v) is 6.05. The molecule has 0 saturated heterocycles. The molecule has 88 valence electrons. The third kappa shape index (κ3) is 2.57. The molecule has 1 amide bonds. The van der Waals surface area contributed by atoms with Crippen molar-refractivity contribution in [2.75, 3.05) is 11.1 Å². The monoisotopic (exact) mass is 267 g/mol. The average Bonchev–Trinajstić information content (AvgIpc) is 2.63. The number of aryl methyl sites for hydroxylation is 1. The van der Waals surface area contributed by atoms with Gasteiger partial charge in [-0.1, -0.05) is 11.6 Å². The highest BCUT2D eigenvalue weighted by Crippen LogP contribution is 2.25. The van der Waals surface area contributed by atoms with Gasteiger partial charge < -0.3 is 11.1 Å². The fourth-order valence-electron chi connectivity index (χ4n) is 1.27. The first-order chi connectivity index (χ1) is 8.08. The summed E-state index contributed by atoms with van der Waals surface area (Å²) in [7, 11) is 0. The van der Waals surface area contributed by atoms with Crippen molar-refractivity contribution in [1.82, 2.24) is 4.98 Å². The second kappa shape index (κ2) is 4.73. The van der Waals surface area contributed by atoms with Crippen LogP contribution in [0, 0.1) is 6.92 Å². The van der Waals surface area contributed by atoms with Gasteiger partial charge in [0.05, 0.1) is 10.6 Å². The molecule has 6 heteroatoms. The van der Waals surface area contributed by atoms with Crippen LogP contribution in [0.15, 0.2) is 24.4 Å². The van der Waals surface area contributed by atoms with Crippen molar-refractivity contribution >= 4 is 40.2 Å². The Morgan fingerprint density at radius 1 is 1.59 bits per heavy atom. The molecule has 0 spiro atoms. The normalized spacial score (nSPS) is 10.2. The molecule has 2 aromatic heterocycles. The number of halogens is 1. The Kier molecular flexibility index (Phi) is 3.31. The molecule has 0 aliphatic carbocycles. The van der Waals surface area contributed by atoms with Crippen molar-refractivity contribution in [3.05, 3.63) is 39.3 Å². The van der Waals surface area contributed by atoms with Crippen molar-refractivity contribution in [3.8, 4) is 0 Å². The molecular formula is C11H10ClN3OS. The van der Waals surface area contributed by atoms with Crippen LogP contribution in [0.5, 0.6) is 0 Å². The molecule has 4 nitrogen and oxygen atoms in total. The van der Waals surface area contributed by atoms with Gasteiger partial charge in [0.1, 0.15) is 0 Å². The maximum Gasteiger partial charge on any atom is 0.265 e. The van der Waals surface area contributed by atoms with Crippen molar-refractivity contribution in [1.29, 1.82) is 0 Å². The summed E-state index contributed by atoms with van der Waals surface area (Å²) in [5.41, 5.74) is 6.81. The van der Waals surface area contributed by atoms with E-state index in [1.165, 1.54) is 11.3 Å². The zero-order valence-corrected chi connectivity index (χ0v) is 10.6. The summed E-state index contributed by atoms with van der Waals surface area (Å²) in [4.78, 5) is 17.2. The van der Waals surface area contributed by atoms with Gasteiger partial charge in [-0.15, -0.1) is 11.3 Å². The number of carbonyl (C=O) groups is 1. The van der Waals surface area contributed by atoms with Gasteiger partial charge in [0.25, 0.3) is 5.91 Å².